The average molecular weight is 197 g/mol. The summed E-state index contributed by atoms with van der Waals surface area (Å²) in [4.78, 5) is 2.23. The fraction of sp³-hybridized carbons (Fsp3) is 0.833. The van der Waals surface area contributed by atoms with Crippen molar-refractivity contribution in [2.75, 3.05) is 19.6 Å². The fourth-order valence-electron chi connectivity index (χ4n) is 1.19. The molecule has 2 nitrogen and oxygen atoms in total. The highest BCUT2D eigenvalue weighted by molar-refractivity contribution is 5.13. The Labute approximate surface area is 88.3 Å². The summed E-state index contributed by atoms with van der Waals surface area (Å²) in [5.74, 6) is 6.01. The zero-order valence-electron chi connectivity index (χ0n) is 9.93. The quantitative estimate of drug-likeness (QED) is 0.680. The van der Waals surface area contributed by atoms with Crippen molar-refractivity contribution in [1.29, 1.82) is 0 Å². The van der Waals surface area contributed by atoms with Crippen LogP contribution in [-0.4, -0.2) is 35.2 Å². The van der Waals surface area contributed by atoms with Gasteiger partial charge in [0, 0.05) is 0 Å². The van der Waals surface area contributed by atoms with E-state index in [0.29, 0.717) is 12.8 Å². The highest BCUT2D eigenvalue weighted by Gasteiger charge is 2.17. The molecule has 0 rings (SSSR count). The second-order valence-electron chi connectivity index (χ2n) is 3.50. The molecule has 0 spiro atoms. The summed E-state index contributed by atoms with van der Waals surface area (Å²) in [6.07, 6.45) is 1.41. The number of nitrogens with zero attached hydrogens (tertiary/aromatic N) is 1. The summed E-state index contributed by atoms with van der Waals surface area (Å²) in [5, 5.41) is 9.89. The largest absolute Gasteiger partial charge is 0.378 e. The van der Waals surface area contributed by atoms with Crippen molar-refractivity contribution >= 4 is 0 Å². The van der Waals surface area contributed by atoms with Crippen molar-refractivity contribution in [2.24, 2.45) is 0 Å². The van der Waals surface area contributed by atoms with E-state index in [1.807, 2.05) is 13.8 Å². The van der Waals surface area contributed by atoms with Crippen LogP contribution in [0.15, 0.2) is 0 Å². The maximum Gasteiger partial charge on any atom is 0.125 e. The number of rotatable bonds is 5. The van der Waals surface area contributed by atoms with Gasteiger partial charge in [-0.1, -0.05) is 39.5 Å². The molecule has 0 aliphatic carbocycles. The molecule has 0 aliphatic rings. The SMILES string of the molecule is CCN(CC)CC#CC(O)(CC)CC. The van der Waals surface area contributed by atoms with Gasteiger partial charge in [0.15, 0.2) is 0 Å². The predicted octanol–water partition coefficient (Wildman–Crippen LogP) is 1.88. The van der Waals surface area contributed by atoms with Gasteiger partial charge < -0.3 is 5.11 Å². The molecule has 0 saturated carbocycles. The minimum Gasteiger partial charge on any atom is -0.378 e. The Hall–Kier alpha value is -0.520. The lowest BCUT2D eigenvalue weighted by Crippen LogP contribution is -2.26. The normalized spacial score (nSPS) is 11.3. The molecule has 82 valence electrons. The third-order valence-electron chi connectivity index (χ3n) is 2.69. The summed E-state index contributed by atoms with van der Waals surface area (Å²) < 4.78 is 0. The Bertz CT molecular complexity index is 194. The number of hydrogen-bond acceptors (Lipinski definition) is 2. The fourth-order valence-corrected chi connectivity index (χ4v) is 1.19. The Balaban J connectivity index is 4.14. The van der Waals surface area contributed by atoms with Gasteiger partial charge in [0.25, 0.3) is 0 Å². The van der Waals surface area contributed by atoms with Gasteiger partial charge in [0.05, 0.1) is 6.54 Å². The summed E-state index contributed by atoms with van der Waals surface area (Å²) in [7, 11) is 0. The van der Waals surface area contributed by atoms with E-state index in [1.165, 1.54) is 0 Å². The van der Waals surface area contributed by atoms with E-state index in [-0.39, 0.29) is 0 Å². The molecule has 0 saturated heterocycles. The Morgan fingerprint density at radius 1 is 1.07 bits per heavy atom. The molecule has 0 unspecified atom stereocenters. The van der Waals surface area contributed by atoms with Crippen LogP contribution >= 0.6 is 0 Å². The molecular formula is C12H23NO. The van der Waals surface area contributed by atoms with Crippen LogP contribution in [0, 0.1) is 11.8 Å². The van der Waals surface area contributed by atoms with Crippen LogP contribution in [-0.2, 0) is 0 Å². The van der Waals surface area contributed by atoms with Crippen LogP contribution in [0.4, 0.5) is 0 Å². The van der Waals surface area contributed by atoms with Crippen molar-refractivity contribution in [3.8, 4) is 11.8 Å². The third-order valence-corrected chi connectivity index (χ3v) is 2.69. The standard InChI is InChI=1S/C12H23NO/c1-5-12(14,6-2)10-9-11-13(7-3)8-4/h14H,5-8,11H2,1-4H3. The molecule has 0 aromatic rings. The van der Waals surface area contributed by atoms with Crippen LogP contribution in [0.3, 0.4) is 0 Å². The van der Waals surface area contributed by atoms with Gasteiger partial charge in [-0.3, -0.25) is 4.90 Å². The van der Waals surface area contributed by atoms with Crippen molar-refractivity contribution in [3.05, 3.63) is 0 Å². The first-order chi connectivity index (χ1) is 6.61. The number of aliphatic hydroxyl groups is 1. The molecule has 0 radical (unpaired) electrons. The number of hydrogen-bond donors (Lipinski definition) is 1. The summed E-state index contributed by atoms with van der Waals surface area (Å²) in [6.45, 7) is 11.0. The summed E-state index contributed by atoms with van der Waals surface area (Å²) >= 11 is 0. The van der Waals surface area contributed by atoms with Gasteiger partial charge in [-0.2, -0.15) is 0 Å². The van der Waals surface area contributed by atoms with Crippen LogP contribution < -0.4 is 0 Å². The van der Waals surface area contributed by atoms with Crippen LogP contribution in [0.1, 0.15) is 40.5 Å². The first kappa shape index (κ1) is 13.5. The lowest BCUT2D eigenvalue weighted by molar-refractivity contribution is 0.0929. The Morgan fingerprint density at radius 3 is 1.93 bits per heavy atom. The van der Waals surface area contributed by atoms with Crippen LogP contribution in [0.25, 0.3) is 0 Å². The van der Waals surface area contributed by atoms with E-state index < -0.39 is 5.60 Å². The lowest BCUT2D eigenvalue weighted by atomic mass is 9.98. The minimum absolute atomic E-state index is 0.703. The van der Waals surface area contributed by atoms with Crippen molar-refractivity contribution in [2.45, 2.75) is 46.1 Å². The maximum atomic E-state index is 9.89. The predicted molar refractivity (Wildman–Crippen MR) is 61.1 cm³/mol. The average Bonchev–Trinajstić information content (AvgIpc) is 2.24. The van der Waals surface area contributed by atoms with Gasteiger partial charge in [0.2, 0.25) is 0 Å². The van der Waals surface area contributed by atoms with Gasteiger partial charge in [-0.05, 0) is 25.9 Å². The molecule has 0 heterocycles. The van der Waals surface area contributed by atoms with E-state index in [4.69, 9.17) is 0 Å². The first-order valence-corrected chi connectivity index (χ1v) is 5.56. The maximum absolute atomic E-state index is 9.89. The van der Waals surface area contributed by atoms with Crippen LogP contribution in [0.2, 0.25) is 0 Å². The zero-order valence-corrected chi connectivity index (χ0v) is 9.93. The lowest BCUT2D eigenvalue weighted by Gasteiger charge is -2.18. The van der Waals surface area contributed by atoms with Crippen LogP contribution in [0.5, 0.6) is 0 Å². The second kappa shape index (κ2) is 6.86. The molecule has 0 atom stereocenters. The smallest absolute Gasteiger partial charge is 0.125 e. The Morgan fingerprint density at radius 2 is 1.57 bits per heavy atom. The van der Waals surface area contributed by atoms with E-state index in [0.717, 1.165) is 19.6 Å². The Kier molecular flexibility index (Phi) is 6.61. The molecule has 0 aromatic carbocycles. The molecule has 0 aliphatic heterocycles. The molecule has 2 heteroatoms. The third kappa shape index (κ3) is 4.64. The van der Waals surface area contributed by atoms with Gasteiger partial charge in [0.1, 0.15) is 5.60 Å². The topological polar surface area (TPSA) is 23.5 Å². The van der Waals surface area contributed by atoms with Crippen molar-refractivity contribution < 1.29 is 5.11 Å². The molecule has 0 bridgehead atoms. The highest BCUT2D eigenvalue weighted by Crippen LogP contribution is 2.12. The minimum atomic E-state index is -0.771. The molecule has 14 heavy (non-hydrogen) atoms. The van der Waals surface area contributed by atoms with E-state index in [1.54, 1.807) is 0 Å². The van der Waals surface area contributed by atoms with Gasteiger partial charge in [-0.15, -0.1) is 0 Å². The molecule has 1 N–H and O–H groups in total. The second-order valence-corrected chi connectivity index (χ2v) is 3.50. The van der Waals surface area contributed by atoms with E-state index >= 15 is 0 Å². The summed E-state index contributed by atoms with van der Waals surface area (Å²) in [5.41, 5.74) is -0.771. The van der Waals surface area contributed by atoms with E-state index in [9.17, 15) is 5.11 Å². The molecular weight excluding hydrogens is 174 g/mol. The zero-order chi connectivity index (χ0) is 11.0. The van der Waals surface area contributed by atoms with E-state index in [2.05, 4.69) is 30.6 Å². The van der Waals surface area contributed by atoms with Crippen molar-refractivity contribution in [1.82, 2.24) is 4.90 Å². The highest BCUT2D eigenvalue weighted by atomic mass is 16.3. The molecule has 0 fully saturated rings. The first-order valence-electron chi connectivity index (χ1n) is 5.56. The summed E-state index contributed by atoms with van der Waals surface area (Å²) in [6, 6.07) is 0. The molecule has 0 aromatic heterocycles. The van der Waals surface area contributed by atoms with Gasteiger partial charge in [-0.25, -0.2) is 0 Å². The monoisotopic (exact) mass is 197 g/mol. The van der Waals surface area contributed by atoms with Gasteiger partial charge >= 0.3 is 0 Å². The molecule has 0 amide bonds. The van der Waals surface area contributed by atoms with Crippen molar-refractivity contribution in [3.63, 3.8) is 0 Å².